The fraction of sp³-hybridized carbons (Fsp3) is 0.417. The minimum absolute atomic E-state index is 0.0368. The molecule has 10 heteroatoms. The van der Waals surface area contributed by atoms with E-state index in [1.54, 1.807) is 4.90 Å². The Labute approximate surface area is 197 Å². The van der Waals surface area contributed by atoms with E-state index in [0.29, 0.717) is 37.1 Å². The maximum atomic E-state index is 15.1. The van der Waals surface area contributed by atoms with Crippen LogP contribution in [0.4, 0.5) is 17.6 Å². The fourth-order valence-electron chi connectivity index (χ4n) is 4.92. The number of amides is 1. The van der Waals surface area contributed by atoms with Crippen molar-refractivity contribution in [2.24, 2.45) is 0 Å². The highest BCUT2D eigenvalue weighted by Crippen LogP contribution is 2.39. The largest absolute Gasteiger partial charge is 0.573 e. The van der Waals surface area contributed by atoms with E-state index in [2.05, 4.69) is 14.7 Å². The zero-order valence-electron chi connectivity index (χ0n) is 18.3. The van der Waals surface area contributed by atoms with Gasteiger partial charge in [0.05, 0.1) is 6.20 Å². The Morgan fingerprint density at radius 3 is 2.62 bits per heavy atom. The molecule has 0 radical (unpaired) electrons. The summed E-state index contributed by atoms with van der Waals surface area (Å²) in [5, 5.41) is 0.898. The number of alkyl halides is 3. The molecule has 1 amide bonds. The van der Waals surface area contributed by atoms with Gasteiger partial charge in [0.2, 0.25) is 0 Å². The molecule has 5 nitrogen and oxygen atoms in total. The minimum Gasteiger partial charge on any atom is -0.406 e. The van der Waals surface area contributed by atoms with E-state index in [-0.39, 0.29) is 23.4 Å². The molecular weight excluding hydrogens is 470 g/mol. The van der Waals surface area contributed by atoms with Crippen molar-refractivity contribution in [2.75, 3.05) is 18.8 Å². The first-order valence-corrected chi connectivity index (χ1v) is 12.4. The molecule has 3 aromatic rings. The number of aryl methyl sites for hydroxylation is 1. The molecule has 0 unspecified atom stereocenters. The summed E-state index contributed by atoms with van der Waals surface area (Å²) >= 11 is 1.85. The number of benzene rings is 1. The third kappa shape index (κ3) is 4.60. The number of carbonyl (C=O) groups is 1. The summed E-state index contributed by atoms with van der Waals surface area (Å²) in [5.41, 5.74) is 4.00. The van der Waals surface area contributed by atoms with E-state index in [0.717, 1.165) is 58.8 Å². The van der Waals surface area contributed by atoms with E-state index in [9.17, 15) is 18.0 Å². The second kappa shape index (κ2) is 9.13. The Hall–Kier alpha value is -2.75. The van der Waals surface area contributed by atoms with Gasteiger partial charge in [0, 0.05) is 41.0 Å². The SMILES string of the molecule is O=C(c1ccc(OC(F)(F)F)cc1)N1CCC(c2c(F)cnc3[nH]c4c(c23)CSCCC4)CC1. The Bertz CT molecular complexity index is 1200. The highest BCUT2D eigenvalue weighted by molar-refractivity contribution is 7.98. The van der Waals surface area contributed by atoms with Gasteiger partial charge in [-0.1, -0.05) is 0 Å². The first-order chi connectivity index (χ1) is 16.3. The Balaban J connectivity index is 1.32. The average molecular weight is 494 g/mol. The lowest BCUT2D eigenvalue weighted by Gasteiger charge is -2.33. The Kier molecular flexibility index (Phi) is 6.18. The van der Waals surface area contributed by atoms with Crippen molar-refractivity contribution in [3.63, 3.8) is 0 Å². The van der Waals surface area contributed by atoms with Crippen LogP contribution in [0.1, 0.15) is 52.4 Å². The van der Waals surface area contributed by atoms with Gasteiger partial charge in [0.1, 0.15) is 17.2 Å². The second-order valence-corrected chi connectivity index (χ2v) is 9.73. The maximum Gasteiger partial charge on any atom is 0.573 e. The van der Waals surface area contributed by atoms with E-state index < -0.39 is 6.36 Å². The number of thioether (sulfide) groups is 1. The summed E-state index contributed by atoms with van der Waals surface area (Å²) in [6, 6.07) is 4.92. The third-order valence-corrected chi connectivity index (χ3v) is 7.56. The molecule has 180 valence electrons. The summed E-state index contributed by atoms with van der Waals surface area (Å²) in [6.07, 6.45) is -0.291. The lowest BCUT2D eigenvalue weighted by molar-refractivity contribution is -0.274. The van der Waals surface area contributed by atoms with Crippen LogP contribution < -0.4 is 4.74 Å². The van der Waals surface area contributed by atoms with E-state index in [4.69, 9.17) is 0 Å². The molecule has 0 aliphatic carbocycles. The summed E-state index contributed by atoms with van der Waals surface area (Å²) in [5.74, 6) is 0.928. The third-order valence-electron chi connectivity index (χ3n) is 6.49. The second-order valence-electron chi connectivity index (χ2n) is 8.62. The molecule has 1 fully saturated rings. The molecule has 34 heavy (non-hydrogen) atoms. The van der Waals surface area contributed by atoms with Crippen LogP contribution in [0.15, 0.2) is 30.5 Å². The maximum absolute atomic E-state index is 15.1. The molecule has 0 spiro atoms. The number of aromatic nitrogens is 2. The first-order valence-electron chi connectivity index (χ1n) is 11.2. The Morgan fingerprint density at radius 1 is 1.18 bits per heavy atom. The standard InChI is InChI=1S/C24H23F4N3O2S/c25-18-12-29-22-21(17-13-34-11-1-2-19(17)30-22)20(18)14-7-9-31(10-8-14)23(32)15-3-5-16(6-4-15)33-24(26,27)28/h3-6,12,14H,1-2,7-11,13H2,(H,29,30). The number of likely N-dealkylation sites (tertiary alicyclic amines) is 1. The molecular formula is C24H23F4N3O2S. The zero-order chi connectivity index (χ0) is 23.9. The number of ether oxygens (including phenoxy) is 1. The van der Waals surface area contributed by atoms with Crippen molar-refractivity contribution in [3.8, 4) is 5.75 Å². The molecule has 1 saturated heterocycles. The quantitative estimate of drug-likeness (QED) is 0.469. The van der Waals surface area contributed by atoms with Crippen LogP contribution in [0.2, 0.25) is 0 Å². The molecule has 0 saturated carbocycles. The van der Waals surface area contributed by atoms with Gasteiger partial charge in [0.25, 0.3) is 5.91 Å². The monoisotopic (exact) mass is 493 g/mol. The van der Waals surface area contributed by atoms with Crippen LogP contribution in [0.25, 0.3) is 11.0 Å². The zero-order valence-corrected chi connectivity index (χ0v) is 19.1. The lowest BCUT2D eigenvalue weighted by atomic mass is 9.86. The fourth-order valence-corrected chi connectivity index (χ4v) is 5.94. The topological polar surface area (TPSA) is 58.2 Å². The number of hydrogen-bond acceptors (Lipinski definition) is 4. The number of piperidine rings is 1. The van der Waals surface area contributed by atoms with Crippen molar-refractivity contribution >= 4 is 28.7 Å². The van der Waals surface area contributed by atoms with Crippen molar-refractivity contribution in [1.29, 1.82) is 0 Å². The normalized spacial score (nSPS) is 17.5. The summed E-state index contributed by atoms with van der Waals surface area (Å²) in [4.78, 5) is 22.2. The molecule has 4 heterocycles. The van der Waals surface area contributed by atoms with Gasteiger partial charge in [-0.3, -0.25) is 4.79 Å². The van der Waals surface area contributed by atoms with Crippen molar-refractivity contribution < 1.29 is 27.1 Å². The van der Waals surface area contributed by atoms with Gasteiger partial charge in [-0.2, -0.15) is 11.8 Å². The summed E-state index contributed by atoms with van der Waals surface area (Å²) < 4.78 is 56.0. The van der Waals surface area contributed by atoms with Crippen LogP contribution in [0.5, 0.6) is 5.75 Å². The van der Waals surface area contributed by atoms with Gasteiger partial charge in [0.15, 0.2) is 0 Å². The molecule has 2 aliphatic heterocycles. The predicted octanol–water partition coefficient (Wildman–Crippen LogP) is 5.80. The van der Waals surface area contributed by atoms with Gasteiger partial charge in [-0.15, -0.1) is 13.2 Å². The molecule has 5 rings (SSSR count). The van der Waals surface area contributed by atoms with Crippen LogP contribution in [-0.2, 0) is 12.2 Å². The number of pyridine rings is 1. The highest BCUT2D eigenvalue weighted by atomic mass is 32.2. The van der Waals surface area contributed by atoms with Gasteiger partial charge < -0.3 is 14.6 Å². The van der Waals surface area contributed by atoms with Crippen molar-refractivity contribution in [2.45, 2.75) is 43.7 Å². The van der Waals surface area contributed by atoms with Crippen molar-refractivity contribution in [1.82, 2.24) is 14.9 Å². The number of rotatable bonds is 3. The van der Waals surface area contributed by atoms with Crippen LogP contribution in [0, 0.1) is 5.82 Å². The number of carbonyl (C=O) groups excluding carboxylic acids is 1. The van der Waals surface area contributed by atoms with Crippen LogP contribution >= 0.6 is 11.8 Å². The molecule has 0 bridgehead atoms. The lowest BCUT2D eigenvalue weighted by Crippen LogP contribution is -2.38. The molecule has 2 aromatic heterocycles. The highest BCUT2D eigenvalue weighted by Gasteiger charge is 2.32. The average Bonchev–Trinajstić information content (AvgIpc) is 2.99. The van der Waals surface area contributed by atoms with Gasteiger partial charge in [-0.05, 0) is 67.2 Å². The summed E-state index contributed by atoms with van der Waals surface area (Å²) in [6.45, 7) is 0.879. The molecule has 0 atom stereocenters. The molecule has 1 aromatic carbocycles. The molecule has 1 N–H and O–H groups in total. The summed E-state index contributed by atoms with van der Waals surface area (Å²) in [7, 11) is 0. The Morgan fingerprint density at radius 2 is 1.91 bits per heavy atom. The number of fused-ring (bicyclic) bond motifs is 3. The number of H-pyrrole nitrogens is 1. The van der Waals surface area contributed by atoms with Gasteiger partial charge >= 0.3 is 6.36 Å². The van der Waals surface area contributed by atoms with Gasteiger partial charge in [-0.25, -0.2) is 9.37 Å². The minimum atomic E-state index is -4.78. The number of aromatic amines is 1. The van der Waals surface area contributed by atoms with E-state index in [1.165, 1.54) is 18.3 Å². The number of hydrogen-bond donors (Lipinski definition) is 1. The molecule has 2 aliphatic rings. The number of nitrogens with one attached hydrogen (secondary N) is 1. The smallest absolute Gasteiger partial charge is 0.406 e. The van der Waals surface area contributed by atoms with Crippen LogP contribution in [0.3, 0.4) is 0 Å². The van der Waals surface area contributed by atoms with E-state index in [1.807, 2.05) is 11.8 Å². The van der Waals surface area contributed by atoms with Crippen molar-refractivity contribution in [3.05, 3.63) is 58.7 Å². The van der Waals surface area contributed by atoms with E-state index >= 15 is 4.39 Å². The first kappa shape index (κ1) is 23.0. The predicted molar refractivity (Wildman–Crippen MR) is 122 cm³/mol. The number of halogens is 4. The van der Waals surface area contributed by atoms with Crippen LogP contribution in [-0.4, -0.2) is 46.0 Å². The number of nitrogens with zero attached hydrogens (tertiary/aromatic N) is 2.